The number of piperidine rings is 1. The first-order chi connectivity index (χ1) is 15.7. The molecule has 0 saturated carbocycles. The van der Waals surface area contributed by atoms with E-state index in [1.54, 1.807) is 0 Å². The monoisotopic (exact) mass is 435 g/mol. The van der Waals surface area contributed by atoms with Gasteiger partial charge in [0.1, 0.15) is 0 Å². The number of likely N-dealkylation sites (tertiary alicyclic amines) is 1. The largest absolute Gasteiger partial charge is 0.440 e. The highest BCUT2D eigenvalue weighted by Crippen LogP contribution is 2.28. The second-order valence-electron chi connectivity index (χ2n) is 8.30. The van der Waals surface area contributed by atoms with Gasteiger partial charge in [0, 0.05) is 30.8 Å². The molecule has 7 heteroatoms. The fourth-order valence-electron chi connectivity index (χ4n) is 4.32. The summed E-state index contributed by atoms with van der Waals surface area (Å²) in [4.78, 5) is 25.9. The zero-order valence-corrected chi connectivity index (χ0v) is 19.1. The number of carbonyl (C=O) groups excluding carboxylic acids is 1. The first-order valence-electron chi connectivity index (χ1n) is 11.8. The molecule has 0 bridgehead atoms. The number of fused-ring (bicyclic) bond motifs is 1. The van der Waals surface area contributed by atoms with Gasteiger partial charge in [-0.25, -0.2) is 4.98 Å². The van der Waals surface area contributed by atoms with Crippen LogP contribution in [0.3, 0.4) is 0 Å². The SMILES string of the molecule is CCN(CC)C(=O)c1ccc(-c2cc(NCCCN3CCCCC3)c3ocnc3n2)cc1. The van der Waals surface area contributed by atoms with Crippen molar-refractivity contribution in [1.29, 1.82) is 0 Å². The molecule has 1 aromatic carbocycles. The van der Waals surface area contributed by atoms with Crippen molar-refractivity contribution < 1.29 is 9.21 Å². The van der Waals surface area contributed by atoms with Crippen LogP contribution >= 0.6 is 0 Å². The zero-order valence-electron chi connectivity index (χ0n) is 19.1. The molecule has 4 rings (SSSR count). The lowest BCUT2D eigenvalue weighted by molar-refractivity contribution is 0.0773. The topological polar surface area (TPSA) is 74.5 Å². The molecule has 3 heterocycles. The number of nitrogens with zero attached hydrogens (tertiary/aromatic N) is 4. The van der Waals surface area contributed by atoms with Crippen molar-refractivity contribution in [2.45, 2.75) is 39.5 Å². The molecular formula is C25H33N5O2. The number of amides is 1. The molecular weight excluding hydrogens is 402 g/mol. The van der Waals surface area contributed by atoms with E-state index >= 15 is 0 Å². The van der Waals surface area contributed by atoms with Crippen molar-refractivity contribution in [3.63, 3.8) is 0 Å². The number of oxazole rings is 1. The van der Waals surface area contributed by atoms with Gasteiger partial charge in [0.15, 0.2) is 12.0 Å². The quantitative estimate of drug-likeness (QED) is 0.493. The van der Waals surface area contributed by atoms with E-state index in [1.165, 1.54) is 38.7 Å². The molecule has 1 saturated heterocycles. The summed E-state index contributed by atoms with van der Waals surface area (Å²) in [5.41, 5.74) is 4.62. The van der Waals surface area contributed by atoms with E-state index in [0.717, 1.165) is 36.5 Å². The van der Waals surface area contributed by atoms with E-state index in [9.17, 15) is 4.79 Å². The summed E-state index contributed by atoms with van der Waals surface area (Å²) in [7, 11) is 0. The van der Waals surface area contributed by atoms with Gasteiger partial charge in [0.2, 0.25) is 5.65 Å². The minimum atomic E-state index is 0.0533. The summed E-state index contributed by atoms with van der Waals surface area (Å²) < 4.78 is 5.59. The van der Waals surface area contributed by atoms with E-state index in [4.69, 9.17) is 4.42 Å². The molecule has 32 heavy (non-hydrogen) atoms. The average molecular weight is 436 g/mol. The predicted octanol–water partition coefficient (Wildman–Crippen LogP) is 4.66. The molecule has 0 atom stereocenters. The Balaban J connectivity index is 1.46. The van der Waals surface area contributed by atoms with Gasteiger partial charge >= 0.3 is 0 Å². The van der Waals surface area contributed by atoms with Crippen molar-refractivity contribution in [2.75, 3.05) is 44.6 Å². The molecule has 0 spiro atoms. The van der Waals surface area contributed by atoms with Crippen LogP contribution in [0.1, 0.15) is 49.9 Å². The van der Waals surface area contributed by atoms with Crippen LogP contribution in [0, 0.1) is 0 Å². The molecule has 0 unspecified atom stereocenters. The number of hydrogen-bond donors (Lipinski definition) is 1. The van der Waals surface area contributed by atoms with Crippen LogP contribution < -0.4 is 5.32 Å². The Kier molecular flexibility index (Phi) is 7.37. The van der Waals surface area contributed by atoms with Gasteiger partial charge in [0.25, 0.3) is 5.91 Å². The van der Waals surface area contributed by atoms with Crippen LogP contribution in [0.4, 0.5) is 5.69 Å². The number of anilines is 1. The van der Waals surface area contributed by atoms with Gasteiger partial charge in [-0.1, -0.05) is 18.6 Å². The first-order valence-corrected chi connectivity index (χ1v) is 11.8. The van der Waals surface area contributed by atoms with E-state index in [-0.39, 0.29) is 5.91 Å². The van der Waals surface area contributed by atoms with E-state index in [0.29, 0.717) is 29.9 Å². The molecule has 0 radical (unpaired) electrons. The molecule has 7 nitrogen and oxygen atoms in total. The van der Waals surface area contributed by atoms with Crippen molar-refractivity contribution in [2.24, 2.45) is 0 Å². The lowest BCUT2D eigenvalue weighted by atomic mass is 10.1. The van der Waals surface area contributed by atoms with E-state index in [2.05, 4.69) is 20.2 Å². The third-order valence-corrected chi connectivity index (χ3v) is 6.19. The molecule has 1 amide bonds. The van der Waals surface area contributed by atoms with Crippen LogP contribution in [0.2, 0.25) is 0 Å². The summed E-state index contributed by atoms with van der Waals surface area (Å²) in [6.45, 7) is 9.82. The number of rotatable bonds is 9. The molecule has 170 valence electrons. The lowest BCUT2D eigenvalue weighted by Crippen LogP contribution is -2.31. The van der Waals surface area contributed by atoms with Crippen LogP contribution in [-0.4, -0.2) is 64.9 Å². The normalized spacial score (nSPS) is 14.6. The van der Waals surface area contributed by atoms with Gasteiger partial charge in [0.05, 0.1) is 11.4 Å². The standard InChI is InChI=1S/C25H33N5O2/c1-3-30(4-2)25(31)20-11-9-19(10-12-20)21-17-22(23-24(28-21)27-18-32-23)26-13-8-16-29-14-6-5-7-15-29/h9-12,17-18H,3-8,13-16H2,1-2H3,(H,26,28). The summed E-state index contributed by atoms with van der Waals surface area (Å²) >= 11 is 0. The fraction of sp³-hybridized carbons (Fsp3) is 0.480. The highest BCUT2D eigenvalue weighted by atomic mass is 16.3. The number of carbonyl (C=O) groups is 1. The summed E-state index contributed by atoms with van der Waals surface area (Å²) in [5, 5.41) is 3.52. The van der Waals surface area contributed by atoms with Gasteiger partial charge in [-0.05, 0) is 70.9 Å². The minimum absolute atomic E-state index is 0.0533. The molecule has 0 aliphatic carbocycles. The molecule has 1 aliphatic rings. The Morgan fingerprint density at radius 2 is 1.88 bits per heavy atom. The Labute approximate surface area is 189 Å². The zero-order chi connectivity index (χ0) is 22.3. The summed E-state index contributed by atoms with van der Waals surface area (Å²) in [5.74, 6) is 0.0533. The van der Waals surface area contributed by atoms with E-state index in [1.807, 2.05) is 49.1 Å². The third kappa shape index (κ3) is 5.10. The maximum Gasteiger partial charge on any atom is 0.253 e. The number of hydrogen-bond acceptors (Lipinski definition) is 6. The molecule has 1 N–H and O–H groups in total. The van der Waals surface area contributed by atoms with Crippen LogP contribution in [0.5, 0.6) is 0 Å². The maximum absolute atomic E-state index is 12.6. The highest BCUT2D eigenvalue weighted by molar-refractivity contribution is 5.95. The van der Waals surface area contributed by atoms with E-state index < -0.39 is 0 Å². The Morgan fingerprint density at radius 1 is 1.12 bits per heavy atom. The molecule has 2 aromatic heterocycles. The van der Waals surface area contributed by atoms with Crippen molar-refractivity contribution in [3.8, 4) is 11.3 Å². The molecule has 3 aromatic rings. The van der Waals surface area contributed by atoms with Gasteiger partial charge < -0.3 is 19.5 Å². The number of aromatic nitrogens is 2. The van der Waals surface area contributed by atoms with Crippen molar-refractivity contribution in [1.82, 2.24) is 19.8 Å². The smallest absolute Gasteiger partial charge is 0.253 e. The van der Waals surface area contributed by atoms with Gasteiger partial charge in [-0.3, -0.25) is 4.79 Å². The Hall–Kier alpha value is -2.93. The van der Waals surface area contributed by atoms with Crippen LogP contribution in [-0.2, 0) is 0 Å². The predicted molar refractivity (Wildman–Crippen MR) is 128 cm³/mol. The number of benzene rings is 1. The number of pyridine rings is 1. The maximum atomic E-state index is 12.6. The third-order valence-electron chi connectivity index (χ3n) is 6.19. The van der Waals surface area contributed by atoms with Crippen LogP contribution in [0.25, 0.3) is 22.5 Å². The molecule has 1 aliphatic heterocycles. The average Bonchev–Trinajstić information content (AvgIpc) is 3.32. The minimum Gasteiger partial charge on any atom is -0.440 e. The second kappa shape index (κ2) is 10.6. The van der Waals surface area contributed by atoms with Crippen molar-refractivity contribution >= 4 is 22.8 Å². The summed E-state index contributed by atoms with van der Waals surface area (Å²) in [6, 6.07) is 9.65. The Bertz CT molecular complexity index is 1020. The van der Waals surface area contributed by atoms with Crippen LogP contribution in [0.15, 0.2) is 41.1 Å². The number of nitrogens with one attached hydrogen (secondary N) is 1. The van der Waals surface area contributed by atoms with Crippen molar-refractivity contribution in [3.05, 3.63) is 42.3 Å². The Morgan fingerprint density at radius 3 is 2.59 bits per heavy atom. The van der Waals surface area contributed by atoms with Gasteiger partial charge in [-0.15, -0.1) is 0 Å². The second-order valence-corrected chi connectivity index (χ2v) is 8.30. The first kappa shape index (κ1) is 22.3. The summed E-state index contributed by atoms with van der Waals surface area (Å²) in [6.07, 6.45) is 6.52. The van der Waals surface area contributed by atoms with Gasteiger partial charge in [-0.2, -0.15) is 4.98 Å². The highest BCUT2D eigenvalue weighted by Gasteiger charge is 2.15. The lowest BCUT2D eigenvalue weighted by Gasteiger charge is -2.26. The fourth-order valence-corrected chi connectivity index (χ4v) is 4.32. The molecule has 1 fully saturated rings.